The van der Waals surface area contributed by atoms with Crippen LogP contribution in [0.3, 0.4) is 0 Å². The number of carbonyl (C=O) groups excluding carboxylic acids is 2. The van der Waals surface area contributed by atoms with E-state index in [9.17, 15) is 22.8 Å². The number of carbonyl (C=O) groups is 2. The maximum absolute atomic E-state index is 13.6. The Bertz CT molecular complexity index is 1310. The normalized spacial score (nSPS) is 33.8. The fourth-order valence-electron chi connectivity index (χ4n) is 8.50. The average molecular weight is 538 g/mol. The van der Waals surface area contributed by atoms with Gasteiger partial charge in [-0.15, -0.1) is 0 Å². The minimum atomic E-state index is -4.65. The van der Waals surface area contributed by atoms with E-state index in [0.29, 0.717) is 32.1 Å². The van der Waals surface area contributed by atoms with Crippen LogP contribution in [-0.2, 0) is 9.59 Å². The zero-order valence-corrected chi connectivity index (χ0v) is 23.5. The molecule has 0 aliphatic heterocycles. The molecule has 0 radical (unpaired) electrons. The van der Waals surface area contributed by atoms with E-state index in [1.807, 2.05) is 32.0 Å². The van der Waals surface area contributed by atoms with Crippen molar-refractivity contribution in [1.29, 1.82) is 0 Å². The second kappa shape index (κ2) is 9.68. The Morgan fingerprint density at radius 1 is 1.15 bits per heavy atom. The molecule has 6 atom stereocenters. The van der Waals surface area contributed by atoms with E-state index in [0.717, 1.165) is 23.2 Å². The van der Waals surface area contributed by atoms with Crippen LogP contribution in [0.2, 0.25) is 0 Å². The fraction of sp³-hybridized carbons (Fsp3) is 0.576. The topological polar surface area (TPSA) is 37.4 Å². The molecule has 4 aliphatic carbocycles. The molecular formula is C33H38F3NO2. The summed E-state index contributed by atoms with van der Waals surface area (Å²) in [7, 11) is 3.98. The molecule has 5 rings (SSSR count). The number of nitrogens with zero attached hydrogens (tertiary/aromatic N) is 1. The molecule has 0 aromatic heterocycles. The van der Waals surface area contributed by atoms with Gasteiger partial charge in [0.2, 0.25) is 0 Å². The van der Waals surface area contributed by atoms with Crippen LogP contribution in [0, 0.1) is 40.4 Å². The standard InChI is InChI=1S/C33H38F3NO2/c1-6-29(39)32(15-16-33(34,35)36)14-13-28-26-17-20(2)25-18-23(38)11-12-24(25)30(26)27(19-31(28,32)3)21-7-9-22(10-8-21)37(4)5/h7-10,18,20,26-28H,6,11-14,17,19H2,1-5H3/t20?,26-,27+,28-,31-,32+/m0/s1. The van der Waals surface area contributed by atoms with E-state index in [-0.39, 0.29) is 41.7 Å². The molecule has 4 aliphatic rings. The number of allylic oxidation sites excluding steroid dienone is 4. The van der Waals surface area contributed by atoms with Crippen LogP contribution in [0.1, 0.15) is 77.2 Å². The molecule has 1 unspecified atom stereocenters. The maximum atomic E-state index is 13.6. The molecule has 0 N–H and O–H groups in total. The van der Waals surface area contributed by atoms with Gasteiger partial charge >= 0.3 is 6.18 Å². The second-order valence-electron chi connectivity index (χ2n) is 12.5. The highest BCUT2D eigenvalue weighted by Crippen LogP contribution is 2.70. The van der Waals surface area contributed by atoms with Crippen molar-refractivity contribution < 1.29 is 22.8 Å². The molecule has 0 spiro atoms. The molecule has 2 fully saturated rings. The summed E-state index contributed by atoms with van der Waals surface area (Å²) < 4.78 is 40.3. The Kier molecular flexibility index (Phi) is 6.89. The molecular weight excluding hydrogens is 499 g/mol. The lowest BCUT2D eigenvalue weighted by molar-refractivity contribution is -0.132. The number of halogens is 3. The van der Waals surface area contributed by atoms with Gasteiger partial charge in [0.1, 0.15) is 0 Å². The minimum Gasteiger partial charge on any atom is -0.378 e. The van der Waals surface area contributed by atoms with Crippen molar-refractivity contribution in [3.63, 3.8) is 0 Å². The molecule has 0 amide bonds. The number of hydrogen-bond acceptors (Lipinski definition) is 3. The van der Waals surface area contributed by atoms with Crippen LogP contribution < -0.4 is 4.90 Å². The number of hydrogen-bond donors (Lipinski definition) is 0. The summed E-state index contributed by atoms with van der Waals surface area (Å²) in [5.74, 6) is 4.50. The lowest BCUT2D eigenvalue weighted by atomic mass is 9.47. The summed E-state index contributed by atoms with van der Waals surface area (Å²) >= 11 is 0. The van der Waals surface area contributed by atoms with Crippen molar-refractivity contribution in [2.24, 2.45) is 28.6 Å². The van der Waals surface area contributed by atoms with E-state index in [1.165, 1.54) is 11.1 Å². The van der Waals surface area contributed by atoms with Crippen molar-refractivity contribution in [1.82, 2.24) is 0 Å². The smallest absolute Gasteiger partial charge is 0.378 e. The summed E-state index contributed by atoms with van der Waals surface area (Å²) in [5.41, 5.74) is 3.96. The number of fused-ring (bicyclic) bond motifs is 4. The number of anilines is 1. The molecule has 0 saturated heterocycles. The van der Waals surface area contributed by atoms with Crippen molar-refractivity contribution in [2.75, 3.05) is 19.0 Å². The third-order valence-corrected chi connectivity index (χ3v) is 10.3. The van der Waals surface area contributed by atoms with Crippen LogP contribution in [-0.4, -0.2) is 31.8 Å². The first-order valence-corrected chi connectivity index (χ1v) is 14.2. The Labute approximate surface area is 229 Å². The monoisotopic (exact) mass is 537 g/mol. The van der Waals surface area contributed by atoms with Gasteiger partial charge in [0.25, 0.3) is 0 Å². The summed E-state index contributed by atoms with van der Waals surface area (Å²) in [5, 5.41) is 0. The Morgan fingerprint density at radius 2 is 1.85 bits per heavy atom. The highest BCUT2D eigenvalue weighted by atomic mass is 19.4. The molecule has 1 aromatic carbocycles. The van der Waals surface area contributed by atoms with Gasteiger partial charge in [-0.2, -0.15) is 13.2 Å². The Balaban J connectivity index is 1.72. The summed E-state index contributed by atoms with van der Waals surface area (Å²) in [6.07, 6.45) is 1.02. The zero-order chi connectivity index (χ0) is 28.3. The average Bonchev–Trinajstić information content (AvgIpc) is 3.19. The van der Waals surface area contributed by atoms with E-state index in [2.05, 4.69) is 37.1 Å². The first-order chi connectivity index (χ1) is 18.3. The lowest BCUT2D eigenvalue weighted by Crippen LogP contribution is -2.51. The van der Waals surface area contributed by atoms with Crippen LogP contribution in [0.25, 0.3) is 0 Å². The molecule has 6 heteroatoms. The minimum absolute atomic E-state index is 0.0404. The zero-order valence-electron chi connectivity index (χ0n) is 23.5. The van der Waals surface area contributed by atoms with Crippen molar-refractivity contribution in [2.45, 2.75) is 77.8 Å². The van der Waals surface area contributed by atoms with Gasteiger partial charge in [-0.1, -0.05) is 44.4 Å². The number of benzene rings is 1. The van der Waals surface area contributed by atoms with Crippen LogP contribution in [0.4, 0.5) is 18.9 Å². The Hall–Kier alpha value is -2.81. The number of rotatable bonds is 4. The van der Waals surface area contributed by atoms with Crippen LogP contribution >= 0.6 is 0 Å². The maximum Gasteiger partial charge on any atom is 0.457 e. The van der Waals surface area contributed by atoms with Gasteiger partial charge in [-0.3, -0.25) is 9.59 Å². The predicted molar refractivity (Wildman–Crippen MR) is 147 cm³/mol. The van der Waals surface area contributed by atoms with Crippen molar-refractivity contribution >= 4 is 17.3 Å². The third kappa shape index (κ3) is 4.46. The summed E-state index contributed by atoms with van der Waals surface area (Å²) in [6.45, 7) is 5.95. The first-order valence-electron chi connectivity index (χ1n) is 14.2. The van der Waals surface area contributed by atoms with Crippen LogP contribution in [0.15, 0.2) is 47.1 Å². The van der Waals surface area contributed by atoms with E-state index in [1.54, 1.807) is 12.8 Å². The summed E-state index contributed by atoms with van der Waals surface area (Å²) in [4.78, 5) is 28.1. The van der Waals surface area contributed by atoms with E-state index >= 15 is 0 Å². The highest BCUT2D eigenvalue weighted by molar-refractivity contribution is 5.93. The van der Waals surface area contributed by atoms with Gasteiger partial charge in [-0.25, -0.2) is 0 Å². The van der Waals surface area contributed by atoms with E-state index < -0.39 is 17.0 Å². The molecule has 39 heavy (non-hydrogen) atoms. The van der Waals surface area contributed by atoms with Gasteiger partial charge in [0, 0.05) is 44.5 Å². The molecule has 208 valence electrons. The highest BCUT2D eigenvalue weighted by Gasteiger charge is 2.65. The number of ketones is 2. The van der Waals surface area contributed by atoms with Crippen molar-refractivity contribution in [3.05, 3.63) is 52.6 Å². The SMILES string of the molecule is CCC(=O)[C@]1(C#CC(F)(F)F)CC[C@H]2[C@@H]3CC(C)C4=CC(=O)CCC4=C3[C@@H](c3ccc(N(C)C)cc3)C[C@@]21C. The fourth-order valence-corrected chi connectivity index (χ4v) is 8.50. The number of alkyl halides is 3. The van der Waals surface area contributed by atoms with Crippen molar-refractivity contribution in [3.8, 4) is 11.8 Å². The molecule has 3 nitrogen and oxygen atoms in total. The van der Waals surface area contributed by atoms with Gasteiger partial charge in [0.15, 0.2) is 11.6 Å². The predicted octanol–water partition coefficient (Wildman–Crippen LogP) is 7.43. The molecule has 1 aromatic rings. The van der Waals surface area contributed by atoms with Gasteiger partial charge in [0.05, 0.1) is 5.41 Å². The quantitative estimate of drug-likeness (QED) is 0.375. The molecule has 0 bridgehead atoms. The van der Waals surface area contributed by atoms with E-state index in [4.69, 9.17) is 0 Å². The Morgan fingerprint density at radius 3 is 2.46 bits per heavy atom. The van der Waals surface area contributed by atoms with Crippen LogP contribution in [0.5, 0.6) is 0 Å². The lowest BCUT2D eigenvalue weighted by Gasteiger charge is -2.55. The second-order valence-corrected chi connectivity index (χ2v) is 12.5. The van der Waals surface area contributed by atoms with Gasteiger partial charge < -0.3 is 4.90 Å². The molecule has 0 heterocycles. The largest absolute Gasteiger partial charge is 0.457 e. The molecule has 2 saturated carbocycles. The number of Topliss-reactive ketones (excluding diaryl/α,β-unsaturated/α-hetero) is 1. The third-order valence-electron chi connectivity index (χ3n) is 10.3. The summed E-state index contributed by atoms with van der Waals surface area (Å²) in [6, 6.07) is 8.42. The first kappa shape index (κ1) is 27.7. The van der Waals surface area contributed by atoms with Gasteiger partial charge in [-0.05, 0) is 90.2 Å².